The van der Waals surface area contributed by atoms with Gasteiger partial charge in [-0.05, 0) is 85.1 Å². The zero-order chi connectivity index (χ0) is 24.3. The van der Waals surface area contributed by atoms with Gasteiger partial charge in [0.2, 0.25) is 0 Å². The first kappa shape index (κ1) is 22.0. The second-order valence-corrected chi connectivity index (χ2v) is 11.9. The van der Waals surface area contributed by atoms with Gasteiger partial charge in [0.05, 0.1) is 4.32 Å². The van der Waals surface area contributed by atoms with E-state index >= 15 is 0 Å². The largest absolute Gasteiger partial charge is 0.0807 e. The maximum Gasteiger partial charge on any atom is 0.0807 e. The third kappa shape index (κ3) is 3.39. The molecule has 0 spiro atoms. The van der Waals surface area contributed by atoms with Gasteiger partial charge in [-0.3, -0.25) is 0 Å². The Morgan fingerprint density at radius 1 is 0.556 bits per heavy atom. The van der Waals surface area contributed by atoms with Crippen LogP contribution in [0.3, 0.4) is 0 Å². The highest BCUT2D eigenvalue weighted by atomic mass is 79.9. The zero-order valence-corrected chi connectivity index (χ0v) is 22.7. The summed E-state index contributed by atoms with van der Waals surface area (Å²) in [4.78, 5) is 0. The molecular weight excluding hydrogens is 568 g/mol. The summed E-state index contributed by atoms with van der Waals surface area (Å²) in [7, 11) is 0. The molecule has 0 saturated heterocycles. The van der Waals surface area contributed by atoms with E-state index in [-0.39, 0.29) is 4.32 Å². The van der Waals surface area contributed by atoms with Crippen LogP contribution in [0, 0.1) is 0 Å². The van der Waals surface area contributed by atoms with E-state index in [4.69, 9.17) is 0 Å². The van der Waals surface area contributed by atoms with Gasteiger partial charge in [-0.15, -0.1) is 0 Å². The summed E-state index contributed by atoms with van der Waals surface area (Å²) in [6.45, 7) is 0. The molecule has 1 unspecified atom stereocenters. The summed E-state index contributed by atoms with van der Waals surface area (Å²) in [5.41, 5.74) is 9.18. The first-order chi connectivity index (χ1) is 17.6. The predicted molar refractivity (Wildman–Crippen MR) is 160 cm³/mol. The van der Waals surface area contributed by atoms with Gasteiger partial charge in [-0.2, -0.15) is 0 Å². The van der Waals surface area contributed by atoms with Crippen LogP contribution < -0.4 is 0 Å². The van der Waals surface area contributed by atoms with Crippen molar-refractivity contribution in [3.05, 3.63) is 142 Å². The molecule has 0 aliphatic heterocycles. The lowest BCUT2D eigenvalue weighted by atomic mass is 9.71. The number of halogens is 2. The Morgan fingerprint density at radius 2 is 1.28 bits per heavy atom. The lowest BCUT2D eigenvalue weighted by Gasteiger charge is -2.38. The van der Waals surface area contributed by atoms with Crippen molar-refractivity contribution in [2.75, 3.05) is 0 Å². The highest BCUT2D eigenvalue weighted by molar-refractivity contribution is 9.10. The van der Waals surface area contributed by atoms with Crippen molar-refractivity contribution in [1.82, 2.24) is 0 Å². The average molecular weight is 590 g/mol. The molecular formula is C34H22Br2. The van der Waals surface area contributed by atoms with E-state index in [1.807, 2.05) is 0 Å². The van der Waals surface area contributed by atoms with E-state index < -0.39 is 0 Å². The molecule has 0 aromatic heterocycles. The molecule has 0 N–H and O–H groups in total. The molecule has 6 aromatic carbocycles. The Balaban J connectivity index is 1.55. The molecule has 0 heterocycles. The summed E-state index contributed by atoms with van der Waals surface area (Å²) in [6.07, 6.45) is 0.887. The Hall–Kier alpha value is -3.20. The van der Waals surface area contributed by atoms with Crippen LogP contribution in [0.2, 0.25) is 0 Å². The number of fused-ring (bicyclic) bond motifs is 6. The van der Waals surface area contributed by atoms with Gasteiger partial charge in [0.1, 0.15) is 0 Å². The molecule has 1 atom stereocenters. The van der Waals surface area contributed by atoms with Gasteiger partial charge in [0.25, 0.3) is 0 Å². The van der Waals surface area contributed by atoms with Crippen LogP contribution in [0.15, 0.2) is 126 Å². The van der Waals surface area contributed by atoms with Gasteiger partial charge in [0.15, 0.2) is 0 Å². The molecule has 36 heavy (non-hydrogen) atoms. The van der Waals surface area contributed by atoms with E-state index in [0.717, 1.165) is 10.9 Å². The Morgan fingerprint density at radius 3 is 2.17 bits per heavy atom. The summed E-state index contributed by atoms with van der Waals surface area (Å²) in [6, 6.07) is 44.3. The van der Waals surface area contributed by atoms with Gasteiger partial charge in [0, 0.05) is 4.47 Å². The number of hydrogen-bond donors (Lipinski definition) is 0. The minimum Gasteiger partial charge on any atom is -0.0745 e. The summed E-state index contributed by atoms with van der Waals surface area (Å²) < 4.78 is 0.763. The first-order valence-electron chi connectivity index (χ1n) is 12.2. The van der Waals surface area contributed by atoms with E-state index in [0.29, 0.717) is 0 Å². The standard InChI is InChI=1S/C34H22Br2/c35-27-17-15-23-19-25(14-13-24(23)20-27)29-11-6-12-31-30-18-16-22-7-4-5-10-28(22)32(30)21-34(36,33(29)31)26-8-2-1-3-9-26/h1-20H,21H2. The fourth-order valence-corrected chi connectivity index (χ4v) is 7.24. The molecule has 0 bridgehead atoms. The maximum absolute atomic E-state index is 4.36. The minimum absolute atomic E-state index is 0.341. The monoisotopic (exact) mass is 588 g/mol. The Labute approximate surface area is 227 Å². The van der Waals surface area contributed by atoms with Crippen molar-refractivity contribution < 1.29 is 0 Å². The third-order valence-electron chi connectivity index (χ3n) is 7.56. The lowest BCUT2D eigenvalue weighted by molar-refractivity contribution is 0.748. The fraction of sp³-hybridized carbons (Fsp3) is 0.0588. The van der Waals surface area contributed by atoms with E-state index in [1.165, 1.54) is 60.5 Å². The summed E-state index contributed by atoms with van der Waals surface area (Å²) >= 11 is 7.97. The van der Waals surface area contributed by atoms with E-state index in [2.05, 4.69) is 153 Å². The van der Waals surface area contributed by atoms with E-state index in [1.54, 1.807) is 0 Å². The van der Waals surface area contributed by atoms with Gasteiger partial charge < -0.3 is 0 Å². The predicted octanol–water partition coefficient (Wildman–Crippen LogP) is 10.3. The molecule has 6 aromatic rings. The topological polar surface area (TPSA) is 0 Å². The van der Waals surface area contributed by atoms with Crippen molar-refractivity contribution in [1.29, 1.82) is 0 Å². The molecule has 0 saturated carbocycles. The van der Waals surface area contributed by atoms with Gasteiger partial charge >= 0.3 is 0 Å². The third-order valence-corrected chi connectivity index (χ3v) is 9.18. The minimum atomic E-state index is -0.341. The Bertz CT molecular complexity index is 1790. The van der Waals surface area contributed by atoms with Gasteiger partial charge in [-0.25, -0.2) is 0 Å². The van der Waals surface area contributed by atoms with Crippen LogP contribution in [0.5, 0.6) is 0 Å². The molecule has 1 aliphatic carbocycles. The maximum atomic E-state index is 4.36. The molecule has 0 nitrogen and oxygen atoms in total. The highest BCUT2D eigenvalue weighted by Crippen LogP contribution is 2.55. The molecule has 2 heteroatoms. The summed E-state index contributed by atoms with van der Waals surface area (Å²) in [5, 5.41) is 5.11. The summed E-state index contributed by atoms with van der Waals surface area (Å²) in [5.74, 6) is 0. The fourth-order valence-electron chi connectivity index (χ4n) is 5.89. The number of rotatable bonds is 2. The van der Waals surface area contributed by atoms with Crippen LogP contribution in [-0.2, 0) is 10.7 Å². The van der Waals surface area contributed by atoms with Crippen molar-refractivity contribution in [3.8, 4) is 22.3 Å². The van der Waals surface area contributed by atoms with Crippen LogP contribution in [0.4, 0.5) is 0 Å². The molecule has 172 valence electrons. The molecule has 1 aliphatic rings. The normalized spacial score (nSPS) is 16.6. The number of hydrogen-bond acceptors (Lipinski definition) is 0. The molecule has 0 radical (unpaired) electrons. The molecule has 0 amide bonds. The van der Waals surface area contributed by atoms with Crippen LogP contribution >= 0.6 is 31.9 Å². The lowest BCUT2D eigenvalue weighted by Crippen LogP contribution is -2.28. The molecule has 0 fully saturated rings. The Kier molecular flexibility index (Phi) is 5.16. The smallest absolute Gasteiger partial charge is 0.0745 e. The van der Waals surface area contributed by atoms with Crippen LogP contribution in [0.1, 0.15) is 16.7 Å². The van der Waals surface area contributed by atoms with Crippen molar-refractivity contribution >= 4 is 53.4 Å². The second kappa shape index (κ2) is 8.44. The molecule has 7 rings (SSSR count). The van der Waals surface area contributed by atoms with Gasteiger partial charge in [-0.1, -0.05) is 135 Å². The highest BCUT2D eigenvalue weighted by Gasteiger charge is 2.40. The van der Waals surface area contributed by atoms with Crippen molar-refractivity contribution in [2.24, 2.45) is 0 Å². The second-order valence-electron chi connectivity index (χ2n) is 9.59. The van der Waals surface area contributed by atoms with E-state index in [9.17, 15) is 0 Å². The van der Waals surface area contributed by atoms with Crippen LogP contribution in [0.25, 0.3) is 43.8 Å². The first-order valence-corrected chi connectivity index (χ1v) is 13.8. The van der Waals surface area contributed by atoms with Crippen molar-refractivity contribution in [2.45, 2.75) is 10.7 Å². The number of alkyl halides is 1. The SMILES string of the molecule is Brc1ccc2cc(-c3cccc4c3C(Br)(c3ccccc3)Cc3c-4ccc4ccccc34)ccc2c1. The number of benzene rings is 6. The van der Waals surface area contributed by atoms with Crippen LogP contribution in [-0.4, -0.2) is 0 Å². The zero-order valence-electron chi connectivity index (χ0n) is 19.5. The van der Waals surface area contributed by atoms with Crippen molar-refractivity contribution in [3.63, 3.8) is 0 Å². The quantitative estimate of drug-likeness (QED) is 0.176. The average Bonchev–Trinajstić information content (AvgIpc) is 2.93.